The molecular weight excluding hydrogens is 472 g/mol. The molecule has 4 bridgehead atoms. The summed E-state index contributed by atoms with van der Waals surface area (Å²) in [4.78, 5) is 0. The van der Waals surface area contributed by atoms with Crippen LogP contribution in [-0.2, 0) is 11.2 Å². The zero-order valence-corrected chi connectivity index (χ0v) is 24.6. The van der Waals surface area contributed by atoms with Gasteiger partial charge in [-0.3, -0.25) is 0 Å². The number of benzene rings is 2. The van der Waals surface area contributed by atoms with Crippen LogP contribution in [0, 0.1) is 33.5 Å². The van der Waals surface area contributed by atoms with E-state index in [0.717, 1.165) is 59.4 Å². The standard InChI is InChI=1S/C34H46O4/c1-29(2)23-13-15-31(5,19-23)33(29,35)25-11-9-21(17-27(25)37-7)22-10-12-26(28(18-22)38-8)34(36)30(3,4)24-14-16-32(34,6)20-24/h9-12,17-18,23-24,35-36H,13-16,19-20H2,1-8H3/t23-,24-,31+,32+,33-,34-/m1/s1. The summed E-state index contributed by atoms with van der Waals surface area (Å²) < 4.78 is 11.9. The van der Waals surface area contributed by atoms with Crippen LogP contribution >= 0.6 is 0 Å². The quantitative estimate of drug-likeness (QED) is 0.432. The van der Waals surface area contributed by atoms with E-state index in [1.807, 2.05) is 0 Å². The van der Waals surface area contributed by atoms with Gasteiger partial charge in [-0.2, -0.15) is 0 Å². The van der Waals surface area contributed by atoms with Gasteiger partial charge in [0.15, 0.2) is 0 Å². The van der Waals surface area contributed by atoms with Crippen LogP contribution in [0.1, 0.15) is 91.2 Å². The van der Waals surface area contributed by atoms with E-state index in [4.69, 9.17) is 9.47 Å². The molecular formula is C34H46O4. The maximum Gasteiger partial charge on any atom is 0.125 e. The maximum atomic E-state index is 12.4. The molecule has 0 amide bonds. The first-order chi connectivity index (χ1) is 17.7. The van der Waals surface area contributed by atoms with Crippen LogP contribution in [0.15, 0.2) is 36.4 Å². The molecule has 6 atom stereocenters. The molecule has 4 saturated carbocycles. The van der Waals surface area contributed by atoms with E-state index in [9.17, 15) is 10.2 Å². The molecule has 0 unspecified atom stereocenters. The average molecular weight is 519 g/mol. The Morgan fingerprint density at radius 3 is 1.29 bits per heavy atom. The van der Waals surface area contributed by atoms with Gasteiger partial charge in [0.25, 0.3) is 0 Å². The molecule has 0 aliphatic heterocycles. The van der Waals surface area contributed by atoms with Gasteiger partial charge in [0.05, 0.1) is 14.2 Å². The Balaban J connectivity index is 1.42. The molecule has 4 aliphatic rings. The minimum atomic E-state index is -0.944. The van der Waals surface area contributed by atoms with E-state index < -0.39 is 11.2 Å². The first kappa shape index (κ1) is 26.2. The van der Waals surface area contributed by atoms with Crippen molar-refractivity contribution in [3.8, 4) is 22.6 Å². The van der Waals surface area contributed by atoms with Gasteiger partial charge in [0.1, 0.15) is 22.7 Å². The normalized spacial score (nSPS) is 40.1. The third kappa shape index (κ3) is 2.84. The molecule has 4 heteroatoms. The first-order valence-electron chi connectivity index (χ1n) is 14.5. The molecule has 38 heavy (non-hydrogen) atoms. The molecule has 2 N–H and O–H groups in total. The molecule has 4 aliphatic carbocycles. The first-order valence-corrected chi connectivity index (χ1v) is 14.5. The Morgan fingerprint density at radius 1 is 0.632 bits per heavy atom. The Bertz CT molecular complexity index is 1180. The van der Waals surface area contributed by atoms with Crippen LogP contribution < -0.4 is 9.47 Å². The minimum absolute atomic E-state index is 0.153. The molecule has 4 fully saturated rings. The number of ether oxygens (including phenoxy) is 2. The van der Waals surface area contributed by atoms with Gasteiger partial charge in [-0.25, -0.2) is 0 Å². The van der Waals surface area contributed by atoms with Crippen LogP contribution in [-0.4, -0.2) is 24.4 Å². The molecule has 2 aromatic carbocycles. The summed E-state index contributed by atoms with van der Waals surface area (Å²) in [5.41, 5.74) is 1.17. The smallest absolute Gasteiger partial charge is 0.125 e. The Labute approximate surface area is 228 Å². The molecule has 4 nitrogen and oxygen atoms in total. The molecule has 0 radical (unpaired) electrons. The predicted octanol–water partition coefficient (Wildman–Crippen LogP) is 7.44. The third-order valence-electron chi connectivity index (χ3n) is 12.7. The van der Waals surface area contributed by atoms with Gasteiger partial charge in [-0.15, -0.1) is 0 Å². The summed E-state index contributed by atoms with van der Waals surface area (Å²) >= 11 is 0. The highest BCUT2D eigenvalue weighted by atomic mass is 16.5. The van der Waals surface area contributed by atoms with E-state index in [0.29, 0.717) is 11.8 Å². The summed E-state index contributed by atoms with van der Waals surface area (Å²) in [7, 11) is 3.40. The largest absolute Gasteiger partial charge is 0.496 e. The van der Waals surface area contributed by atoms with Gasteiger partial charge in [-0.1, -0.05) is 65.8 Å². The van der Waals surface area contributed by atoms with Crippen molar-refractivity contribution in [2.75, 3.05) is 14.2 Å². The highest BCUT2D eigenvalue weighted by Gasteiger charge is 2.70. The molecule has 0 aromatic heterocycles. The summed E-state index contributed by atoms with van der Waals surface area (Å²) in [5, 5.41) is 24.8. The van der Waals surface area contributed by atoms with Crippen molar-refractivity contribution in [3.05, 3.63) is 47.5 Å². The number of fused-ring (bicyclic) bond motifs is 4. The summed E-state index contributed by atoms with van der Waals surface area (Å²) in [6.07, 6.45) is 6.56. The minimum Gasteiger partial charge on any atom is -0.496 e. The highest BCUT2D eigenvalue weighted by Crippen LogP contribution is 2.74. The molecule has 206 valence electrons. The van der Waals surface area contributed by atoms with Crippen LogP contribution in [0.2, 0.25) is 0 Å². The van der Waals surface area contributed by atoms with Gasteiger partial charge in [0, 0.05) is 32.8 Å². The van der Waals surface area contributed by atoms with E-state index >= 15 is 0 Å². The number of hydrogen-bond acceptors (Lipinski definition) is 4. The van der Waals surface area contributed by atoms with Crippen LogP contribution in [0.4, 0.5) is 0 Å². The SMILES string of the molecule is COc1cc(-c2ccc([C@@]3(O)C(C)(C)[C@@H]4CC[C@@]3(C)C4)c(OC)c2)ccc1[C@@]1(O)C(C)(C)[C@@H]2CC[C@@]1(C)C2. The van der Waals surface area contributed by atoms with Crippen molar-refractivity contribution in [3.63, 3.8) is 0 Å². The van der Waals surface area contributed by atoms with E-state index in [-0.39, 0.29) is 21.7 Å². The Hall–Kier alpha value is -2.04. The fraction of sp³-hybridized carbons (Fsp3) is 0.647. The lowest BCUT2D eigenvalue weighted by Gasteiger charge is -2.51. The lowest BCUT2D eigenvalue weighted by atomic mass is 9.57. The second kappa shape index (κ2) is 7.79. The molecule has 0 spiro atoms. The molecule has 2 aromatic rings. The van der Waals surface area contributed by atoms with Crippen LogP contribution in [0.5, 0.6) is 11.5 Å². The van der Waals surface area contributed by atoms with Crippen molar-refractivity contribution in [1.29, 1.82) is 0 Å². The second-order valence-corrected chi connectivity index (χ2v) is 14.7. The Morgan fingerprint density at radius 2 is 1.00 bits per heavy atom. The predicted molar refractivity (Wildman–Crippen MR) is 151 cm³/mol. The van der Waals surface area contributed by atoms with Gasteiger partial charge in [-0.05, 0) is 73.6 Å². The van der Waals surface area contributed by atoms with E-state index in [1.54, 1.807) is 14.2 Å². The summed E-state index contributed by atoms with van der Waals surface area (Å²) in [6, 6.07) is 12.5. The summed E-state index contributed by atoms with van der Waals surface area (Å²) in [6.45, 7) is 13.4. The number of aliphatic hydroxyl groups is 2. The lowest BCUT2D eigenvalue weighted by Crippen LogP contribution is -2.51. The second-order valence-electron chi connectivity index (χ2n) is 14.7. The van der Waals surface area contributed by atoms with Gasteiger partial charge >= 0.3 is 0 Å². The number of methoxy groups -OCH3 is 2. The van der Waals surface area contributed by atoms with E-state index in [2.05, 4.69) is 77.9 Å². The summed E-state index contributed by atoms with van der Waals surface area (Å²) in [5.74, 6) is 2.49. The fourth-order valence-corrected chi connectivity index (χ4v) is 10.2. The monoisotopic (exact) mass is 518 g/mol. The average Bonchev–Trinajstić information content (AvgIpc) is 3.58. The van der Waals surface area contributed by atoms with Crippen molar-refractivity contribution >= 4 is 0 Å². The highest BCUT2D eigenvalue weighted by molar-refractivity contribution is 5.70. The fourth-order valence-electron chi connectivity index (χ4n) is 10.2. The molecule has 0 heterocycles. The van der Waals surface area contributed by atoms with Crippen LogP contribution in [0.25, 0.3) is 11.1 Å². The number of rotatable bonds is 5. The molecule has 6 rings (SSSR count). The van der Waals surface area contributed by atoms with Crippen LogP contribution in [0.3, 0.4) is 0 Å². The van der Waals surface area contributed by atoms with Crippen molar-refractivity contribution in [2.24, 2.45) is 33.5 Å². The zero-order chi connectivity index (χ0) is 27.5. The van der Waals surface area contributed by atoms with Crippen molar-refractivity contribution < 1.29 is 19.7 Å². The maximum absolute atomic E-state index is 12.4. The van der Waals surface area contributed by atoms with E-state index in [1.165, 1.54) is 12.8 Å². The lowest BCUT2D eigenvalue weighted by molar-refractivity contribution is -0.151. The van der Waals surface area contributed by atoms with Crippen molar-refractivity contribution in [1.82, 2.24) is 0 Å². The number of hydrogen-bond donors (Lipinski definition) is 2. The van der Waals surface area contributed by atoms with Gasteiger partial charge in [0.2, 0.25) is 0 Å². The zero-order valence-electron chi connectivity index (χ0n) is 24.6. The third-order valence-corrected chi connectivity index (χ3v) is 12.7. The van der Waals surface area contributed by atoms with Crippen molar-refractivity contribution in [2.45, 2.75) is 91.3 Å². The topological polar surface area (TPSA) is 58.9 Å². The molecule has 0 saturated heterocycles. The Kier molecular flexibility index (Phi) is 5.37. The van der Waals surface area contributed by atoms with Gasteiger partial charge < -0.3 is 19.7 Å².